The minimum Gasteiger partial charge on any atom is -0.492 e. The number of hydrogen-bond donors (Lipinski definition) is 1. The number of halogens is 1. The Morgan fingerprint density at radius 3 is 2.80 bits per heavy atom. The number of aryl methyl sites for hydroxylation is 1. The van der Waals surface area contributed by atoms with Crippen molar-refractivity contribution in [1.29, 1.82) is 0 Å². The van der Waals surface area contributed by atoms with E-state index in [1.54, 1.807) is 36.1 Å². The third-order valence-corrected chi connectivity index (χ3v) is 4.46. The Morgan fingerprint density at radius 2 is 2.16 bits per heavy atom. The lowest BCUT2D eigenvalue weighted by Gasteiger charge is -2.26. The lowest BCUT2D eigenvalue weighted by molar-refractivity contribution is 0.0323. The first-order valence-electron chi connectivity index (χ1n) is 8.11. The monoisotopic (exact) mass is 364 g/mol. The van der Waals surface area contributed by atoms with Gasteiger partial charge in [0.2, 0.25) is 5.91 Å². The number of aromatic nitrogens is 2. The fourth-order valence-corrected chi connectivity index (χ4v) is 3.09. The molecule has 3 rings (SSSR count). The number of benzene rings is 1. The molecule has 0 atom stereocenters. The van der Waals surface area contributed by atoms with Crippen molar-refractivity contribution in [3.63, 3.8) is 0 Å². The van der Waals surface area contributed by atoms with Crippen LogP contribution in [-0.2, 0) is 11.8 Å². The molecule has 0 bridgehead atoms. The Morgan fingerprint density at radius 1 is 1.40 bits per heavy atom. The first-order chi connectivity index (χ1) is 12.1. The van der Waals surface area contributed by atoms with Crippen molar-refractivity contribution in [2.24, 2.45) is 12.8 Å². The van der Waals surface area contributed by atoms with Crippen LogP contribution in [0.15, 0.2) is 24.4 Å². The summed E-state index contributed by atoms with van der Waals surface area (Å²) in [6.45, 7) is 4.65. The van der Waals surface area contributed by atoms with Crippen LogP contribution in [0.3, 0.4) is 0 Å². The van der Waals surface area contributed by atoms with Gasteiger partial charge in [-0.2, -0.15) is 5.10 Å². The molecule has 1 fully saturated rings. The summed E-state index contributed by atoms with van der Waals surface area (Å²) in [5.74, 6) is 0.142. The number of primary amides is 1. The summed E-state index contributed by atoms with van der Waals surface area (Å²) >= 11 is 6.26. The van der Waals surface area contributed by atoms with E-state index in [0.29, 0.717) is 34.2 Å². The van der Waals surface area contributed by atoms with Crippen LogP contribution >= 0.6 is 11.6 Å². The summed E-state index contributed by atoms with van der Waals surface area (Å²) in [4.78, 5) is 13.8. The molecule has 1 aliphatic heterocycles. The number of carbonyl (C=O) groups excluding carboxylic acids is 1. The van der Waals surface area contributed by atoms with Gasteiger partial charge in [0.05, 0.1) is 30.1 Å². The zero-order valence-electron chi connectivity index (χ0n) is 14.1. The van der Waals surface area contributed by atoms with Crippen molar-refractivity contribution in [2.45, 2.75) is 0 Å². The maximum Gasteiger partial charge on any atom is 0.248 e. The van der Waals surface area contributed by atoms with Gasteiger partial charge in [-0.25, -0.2) is 0 Å². The second kappa shape index (κ2) is 7.86. The molecule has 25 heavy (non-hydrogen) atoms. The normalized spacial score (nSPS) is 15.3. The number of morpholine rings is 1. The number of hydrogen-bond acceptors (Lipinski definition) is 5. The third kappa shape index (κ3) is 4.12. The maximum absolute atomic E-state index is 11.5. The highest BCUT2D eigenvalue weighted by Crippen LogP contribution is 2.35. The zero-order valence-corrected chi connectivity index (χ0v) is 14.8. The average molecular weight is 365 g/mol. The summed E-state index contributed by atoms with van der Waals surface area (Å²) in [6.07, 6.45) is 1.56. The van der Waals surface area contributed by atoms with Crippen LogP contribution in [0.4, 0.5) is 0 Å². The smallest absolute Gasteiger partial charge is 0.248 e. The van der Waals surface area contributed by atoms with Crippen LogP contribution < -0.4 is 10.5 Å². The molecule has 2 heterocycles. The van der Waals surface area contributed by atoms with Gasteiger partial charge in [0.15, 0.2) is 0 Å². The van der Waals surface area contributed by atoms with Crippen molar-refractivity contribution in [3.05, 3.63) is 35.0 Å². The number of nitrogens with zero attached hydrogens (tertiary/aromatic N) is 3. The Bertz CT molecular complexity index is 737. The van der Waals surface area contributed by atoms with Crippen LogP contribution in [0.1, 0.15) is 10.4 Å². The van der Waals surface area contributed by atoms with E-state index >= 15 is 0 Å². The first-order valence-corrected chi connectivity index (χ1v) is 8.48. The zero-order chi connectivity index (χ0) is 17.8. The molecule has 1 saturated heterocycles. The Balaban J connectivity index is 1.81. The molecule has 2 aromatic rings. The third-order valence-electron chi connectivity index (χ3n) is 4.18. The van der Waals surface area contributed by atoms with Crippen LogP contribution in [0.25, 0.3) is 11.3 Å². The van der Waals surface area contributed by atoms with Gasteiger partial charge in [-0.1, -0.05) is 11.6 Å². The fourth-order valence-electron chi connectivity index (χ4n) is 2.82. The van der Waals surface area contributed by atoms with Crippen molar-refractivity contribution in [1.82, 2.24) is 14.7 Å². The van der Waals surface area contributed by atoms with Gasteiger partial charge >= 0.3 is 0 Å². The lowest BCUT2D eigenvalue weighted by atomic mass is 10.1. The maximum atomic E-state index is 11.5. The topological polar surface area (TPSA) is 82.6 Å². The number of nitrogens with two attached hydrogens (primary N) is 1. The number of carbonyl (C=O) groups is 1. The van der Waals surface area contributed by atoms with E-state index in [4.69, 9.17) is 26.8 Å². The van der Waals surface area contributed by atoms with E-state index in [1.165, 1.54) is 0 Å². The van der Waals surface area contributed by atoms with E-state index in [-0.39, 0.29) is 0 Å². The molecule has 1 aromatic carbocycles. The second-order valence-electron chi connectivity index (χ2n) is 5.84. The van der Waals surface area contributed by atoms with E-state index in [9.17, 15) is 4.79 Å². The highest BCUT2D eigenvalue weighted by atomic mass is 35.5. The van der Waals surface area contributed by atoms with Crippen molar-refractivity contribution in [3.8, 4) is 17.0 Å². The molecule has 134 valence electrons. The van der Waals surface area contributed by atoms with Gasteiger partial charge in [-0.05, 0) is 18.2 Å². The van der Waals surface area contributed by atoms with E-state index in [1.807, 2.05) is 0 Å². The van der Waals surface area contributed by atoms with Crippen molar-refractivity contribution < 1.29 is 14.3 Å². The predicted octanol–water partition coefficient (Wildman–Crippen LogP) is 1.55. The van der Waals surface area contributed by atoms with Gasteiger partial charge in [0.1, 0.15) is 12.4 Å². The molecule has 0 saturated carbocycles. The highest BCUT2D eigenvalue weighted by Gasteiger charge is 2.17. The van der Waals surface area contributed by atoms with Crippen LogP contribution in [0, 0.1) is 0 Å². The minimum absolute atomic E-state index is 0.396. The lowest BCUT2D eigenvalue weighted by Crippen LogP contribution is -2.38. The van der Waals surface area contributed by atoms with Gasteiger partial charge in [0, 0.05) is 37.8 Å². The van der Waals surface area contributed by atoms with Crippen molar-refractivity contribution >= 4 is 17.5 Å². The van der Waals surface area contributed by atoms with Gasteiger partial charge in [-0.15, -0.1) is 0 Å². The molecule has 8 heteroatoms. The second-order valence-corrected chi connectivity index (χ2v) is 6.25. The molecule has 7 nitrogen and oxygen atoms in total. The number of ether oxygens (including phenoxy) is 2. The van der Waals surface area contributed by atoms with Gasteiger partial charge in [-0.3, -0.25) is 14.4 Å². The Labute approximate surface area is 151 Å². The van der Waals surface area contributed by atoms with Gasteiger partial charge < -0.3 is 15.2 Å². The molecule has 0 unspecified atom stereocenters. The number of amides is 1. The molecule has 0 spiro atoms. The standard InChI is InChI=1S/C17H21ClN4O3/c1-21-16(14(18)11-20-21)13-10-12(17(19)23)2-3-15(13)25-9-6-22-4-7-24-8-5-22/h2-3,10-11H,4-9H2,1H3,(H2,19,23). The molecule has 1 aliphatic rings. The Kier molecular flexibility index (Phi) is 5.57. The highest BCUT2D eigenvalue weighted by molar-refractivity contribution is 6.33. The molecular formula is C17H21ClN4O3. The Hall–Kier alpha value is -2.09. The molecule has 2 N–H and O–H groups in total. The van der Waals surface area contributed by atoms with Crippen LogP contribution in [0.2, 0.25) is 5.02 Å². The van der Waals surface area contributed by atoms with Gasteiger partial charge in [0.25, 0.3) is 0 Å². The molecule has 0 radical (unpaired) electrons. The largest absolute Gasteiger partial charge is 0.492 e. The summed E-state index contributed by atoms with van der Waals surface area (Å²) in [6, 6.07) is 5.09. The summed E-state index contributed by atoms with van der Waals surface area (Å²) in [5, 5.41) is 4.64. The summed E-state index contributed by atoms with van der Waals surface area (Å²) in [7, 11) is 1.79. The van der Waals surface area contributed by atoms with E-state index in [0.717, 1.165) is 32.8 Å². The quantitative estimate of drug-likeness (QED) is 0.840. The number of rotatable bonds is 6. The fraction of sp³-hybridized carbons (Fsp3) is 0.412. The molecule has 1 amide bonds. The summed E-state index contributed by atoms with van der Waals surface area (Å²) < 4.78 is 13.0. The first kappa shape index (κ1) is 17.7. The van der Waals surface area contributed by atoms with Crippen molar-refractivity contribution in [2.75, 3.05) is 39.5 Å². The molecule has 1 aromatic heterocycles. The molecular weight excluding hydrogens is 344 g/mol. The van der Waals surface area contributed by atoms with Crippen LogP contribution in [-0.4, -0.2) is 60.0 Å². The predicted molar refractivity (Wildman–Crippen MR) is 94.9 cm³/mol. The van der Waals surface area contributed by atoms with E-state index in [2.05, 4.69) is 10.00 Å². The summed E-state index contributed by atoms with van der Waals surface area (Å²) in [5.41, 5.74) is 7.19. The SMILES string of the molecule is Cn1ncc(Cl)c1-c1cc(C(N)=O)ccc1OCCN1CCOCC1. The van der Waals surface area contributed by atoms with Crippen LogP contribution in [0.5, 0.6) is 5.75 Å². The van der Waals surface area contributed by atoms with E-state index < -0.39 is 5.91 Å². The minimum atomic E-state index is -0.501. The molecule has 0 aliphatic carbocycles. The average Bonchev–Trinajstić information content (AvgIpc) is 2.94.